The lowest BCUT2D eigenvalue weighted by Gasteiger charge is -2.11. The molecule has 0 amide bonds. The van der Waals surface area contributed by atoms with Crippen LogP contribution >= 0.6 is 11.6 Å². The van der Waals surface area contributed by atoms with E-state index < -0.39 is 4.92 Å². The normalized spacial score (nSPS) is 18.8. The van der Waals surface area contributed by atoms with Gasteiger partial charge in [-0.1, -0.05) is 11.6 Å². The molecule has 0 bridgehead atoms. The Kier molecular flexibility index (Phi) is 4.33. The number of hydrogen-bond acceptors (Lipinski definition) is 5. The predicted octanol–water partition coefficient (Wildman–Crippen LogP) is 2.62. The Labute approximate surface area is 109 Å². The summed E-state index contributed by atoms with van der Waals surface area (Å²) in [6.07, 6.45) is 4.58. The van der Waals surface area contributed by atoms with E-state index in [2.05, 4.69) is 10.3 Å². The van der Waals surface area contributed by atoms with Crippen LogP contribution in [0.2, 0.25) is 5.02 Å². The summed E-state index contributed by atoms with van der Waals surface area (Å²) in [6, 6.07) is 1.29. The molecule has 1 fully saturated rings. The monoisotopic (exact) mass is 271 g/mol. The van der Waals surface area contributed by atoms with Crippen LogP contribution < -0.4 is 5.32 Å². The third-order valence-corrected chi connectivity index (χ3v) is 3.11. The number of pyridine rings is 1. The predicted molar refractivity (Wildman–Crippen MR) is 68.0 cm³/mol. The second-order valence-electron chi connectivity index (χ2n) is 4.13. The first kappa shape index (κ1) is 13.0. The third kappa shape index (κ3) is 3.30. The zero-order valence-electron chi connectivity index (χ0n) is 9.76. The van der Waals surface area contributed by atoms with Crippen molar-refractivity contribution < 1.29 is 9.66 Å². The van der Waals surface area contributed by atoms with Crippen LogP contribution in [0.4, 0.5) is 11.5 Å². The van der Waals surface area contributed by atoms with E-state index in [0.29, 0.717) is 18.5 Å². The first-order valence-electron chi connectivity index (χ1n) is 5.82. The average Bonchev–Trinajstić information content (AvgIpc) is 2.84. The molecule has 98 valence electrons. The maximum atomic E-state index is 10.5. The lowest BCUT2D eigenvalue weighted by Crippen LogP contribution is -2.13. The van der Waals surface area contributed by atoms with Crippen molar-refractivity contribution in [1.29, 1.82) is 0 Å². The molecule has 1 aromatic rings. The Morgan fingerprint density at radius 2 is 2.50 bits per heavy atom. The minimum Gasteiger partial charge on any atom is -0.378 e. The zero-order valence-corrected chi connectivity index (χ0v) is 10.5. The number of nitrogens with one attached hydrogen (secondary N) is 1. The fourth-order valence-corrected chi connectivity index (χ4v) is 2.11. The van der Waals surface area contributed by atoms with Crippen LogP contribution in [0.25, 0.3) is 0 Å². The summed E-state index contributed by atoms with van der Waals surface area (Å²) in [4.78, 5) is 13.9. The van der Waals surface area contributed by atoms with Crippen molar-refractivity contribution in [2.45, 2.75) is 25.4 Å². The fourth-order valence-electron chi connectivity index (χ4n) is 1.88. The number of anilines is 1. The number of hydrogen-bond donors (Lipinski definition) is 1. The van der Waals surface area contributed by atoms with E-state index in [4.69, 9.17) is 16.3 Å². The molecular formula is C11H14ClN3O3. The Bertz CT molecular complexity index is 436. The lowest BCUT2D eigenvalue weighted by atomic mass is 10.2. The van der Waals surface area contributed by atoms with Crippen LogP contribution in [0, 0.1) is 10.1 Å². The number of aromatic nitrogens is 1. The number of nitrogens with zero attached hydrogens (tertiary/aromatic N) is 2. The number of rotatable bonds is 5. The highest BCUT2D eigenvalue weighted by molar-refractivity contribution is 6.33. The zero-order chi connectivity index (χ0) is 13.0. The summed E-state index contributed by atoms with van der Waals surface area (Å²) in [5, 5.41) is 13.8. The van der Waals surface area contributed by atoms with Gasteiger partial charge in [-0.25, -0.2) is 4.98 Å². The Morgan fingerprint density at radius 3 is 3.11 bits per heavy atom. The number of nitro groups is 1. The molecule has 1 atom stereocenters. The molecule has 7 heteroatoms. The molecule has 0 spiro atoms. The molecule has 0 aromatic carbocycles. The van der Waals surface area contributed by atoms with Crippen molar-refractivity contribution in [2.75, 3.05) is 18.5 Å². The molecule has 6 nitrogen and oxygen atoms in total. The summed E-state index contributed by atoms with van der Waals surface area (Å²) < 4.78 is 5.49. The number of halogens is 1. The second-order valence-corrected chi connectivity index (χ2v) is 4.54. The molecule has 18 heavy (non-hydrogen) atoms. The van der Waals surface area contributed by atoms with Gasteiger partial charge in [0.25, 0.3) is 5.69 Å². The molecule has 1 N–H and O–H groups in total. The molecule has 1 aliphatic rings. The summed E-state index contributed by atoms with van der Waals surface area (Å²) in [6.45, 7) is 1.52. The van der Waals surface area contributed by atoms with Gasteiger partial charge in [0.1, 0.15) is 12.0 Å². The molecule has 1 aromatic heterocycles. The smallest absolute Gasteiger partial charge is 0.289 e. The maximum Gasteiger partial charge on any atom is 0.289 e. The van der Waals surface area contributed by atoms with Gasteiger partial charge in [-0.05, 0) is 19.3 Å². The Morgan fingerprint density at radius 1 is 1.67 bits per heavy atom. The van der Waals surface area contributed by atoms with Crippen LogP contribution in [-0.4, -0.2) is 29.2 Å². The SMILES string of the molecule is O=[N+]([O-])c1cnc(NCCC2CCCO2)c(Cl)c1. The fraction of sp³-hybridized carbons (Fsp3) is 0.545. The van der Waals surface area contributed by atoms with Crippen LogP contribution in [-0.2, 0) is 4.74 Å². The Hall–Kier alpha value is -1.40. The molecule has 0 saturated carbocycles. The summed E-state index contributed by atoms with van der Waals surface area (Å²) in [5.41, 5.74) is -0.107. The van der Waals surface area contributed by atoms with Crippen molar-refractivity contribution in [3.8, 4) is 0 Å². The Balaban J connectivity index is 1.87. The molecule has 0 radical (unpaired) electrons. The average molecular weight is 272 g/mol. The molecule has 1 aliphatic heterocycles. The lowest BCUT2D eigenvalue weighted by molar-refractivity contribution is -0.385. The van der Waals surface area contributed by atoms with Gasteiger partial charge in [0.15, 0.2) is 0 Å². The van der Waals surface area contributed by atoms with Gasteiger partial charge in [0, 0.05) is 19.2 Å². The van der Waals surface area contributed by atoms with E-state index in [1.165, 1.54) is 12.3 Å². The van der Waals surface area contributed by atoms with Crippen LogP contribution in [0.15, 0.2) is 12.3 Å². The van der Waals surface area contributed by atoms with Crippen molar-refractivity contribution in [2.24, 2.45) is 0 Å². The van der Waals surface area contributed by atoms with Gasteiger partial charge in [-0.15, -0.1) is 0 Å². The molecule has 2 heterocycles. The van der Waals surface area contributed by atoms with Crippen LogP contribution in [0.5, 0.6) is 0 Å². The highest BCUT2D eigenvalue weighted by Gasteiger charge is 2.15. The van der Waals surface area contributed by atoms with Gasteiger partial charge < -0.3 is 10.1 Å². The molecule has 1 unspecified atom stereocenters. The summed E-state index contributed by atoms with van der Waals surface area (Å²) >= 11 is 5.91. The van der Waals surface area contributed by atoms with Crippen molar-refractivity contribution in [1.82, 2.24) is 4.98 Å². The molecular weight excluding hydrogens is 258 g/mol. The van der Waals surface area contributed by atoms with E-state index in [1.54, 1.807) is 0 Å². The van der Waals surface area contributed by atoms with E-state index in [0.717, 1.165) is 25.9 Å². The van der Waals surface area contributed by atoms with Gasteiger partial charge >= 0.3 is 0 Å². The van der Waals surface area contributed by atoms with E-state index >= 15 is 0 Å². The summed E-state index contributed by atoms with van der Waals surface area (Å²) in [7, 11) is 0. The third-order valence-electron chi connectivity index (χ3n) is 2.82. The molecule has 1 saturated heterocycles. The van der Waals surface area contributed by atoms with Gasteiger partial charge in [-0.2, -0.15) is 0 Å². The van der Waals surface area contributed by atoms with Crippen LogP contribution in [0.3, 0.4) is 0 Å². The van der Waals surface area contributed by atoms with Gasteiger partial charge in [-0.3, -0.25) is 10.1 Å². The minimum atomic E-state index is -0.519. The topological polar surface area (TPSA) is 77.3 Å². The van der Waals surface area contributed by atoms with Crippen molar-refractivity contribution in [3.05, 3.63) is 27.4 Å². The second kappa shape index (κ2) is 5.97. The summed E-state index contributed by atoms with van der Waals surface area (Å²) in [5.74, 6) is 0.472. The van der Waals surface area contributed by atoms with E-state index in [9.17, 15) is 10.1 Å². The first-order valence-corrected chi connectivity index (χ1v) is 6.20. The highest BCUT2D eigenvalue weighted by Crippen LogP contribution is 2.24. The van der Waals surface area contributed by atoms with E-state index in [-0.39, 0.29) is 10.7 Å². The first-order chi connectivity index (χ1) is 8.66. The van der Waals surface area contributed by atoms with Gasteiger partial charge in [0.05, 0.1) is 16.0 Å². The molecule has 2 rings (SSSR count). The standard InChI is InChI=1S/C11H14ClN3O3/c12-10-6-8(15(16)17)7-14-11(10)13-4-3-9-2-1-5-18-9/h6-7,9H,1-5H2,(H,13,14). The van der Waals surface area contributed by atoms with Crippen LogP contribution in [0.1, 0.15) is 19.3 Å². The van der Waals surface area contributed by atoms with E-state index in [1.807, 2.05) is 0 Å². The van der Waals surface area contributed by atoms with Gasteiger partial charge in [0.2, 0.25) is 0 Å². The highest BCUT2D eigenvalue weighted by atomic mass is 35.5. The largest absolute Gasteiger partial charge is 0.378 e. The van der Waals surface area contributed by atoms with Crippen molar-refractivity contribution in [3.63, 3.8) is 0 Å². The minimum absolute atomic E-state index is 0.107. The molecule has 0 aliphatic carbocycles. The maximum absolute atomic E-state index is 10.5. The van der Waals surface area contributed by atoms with Crippen molar-refractivity contribution >= 4 is 23.1 Å². The number of ether oxygens (including phenoxy) is 1. The quantitative estimate of drug-likeness (QED) is 0.658.